The van der Waals surface area contributed by atoms with E-state index in [1.165, 1.54) is 6.42 Å². The molecule has 0 aliphatic heterocycles. The zero-order chi connectivity index (χ0) is 13.1. The van der Waals surface area contributed by atoms with Crippen LogP contribution in [0.4, 0.5) is 0 Å². The molecule has 3 N–H and O–H groups in total. The number of carbonyl (C=O) groups excluding carboxylic acids is 1. The van der Waals surface area contributed by atoms with Crippen molar-refractivity contribution in [2.75, 3.05) is 14.1 Å². The Balaban J connectivity index is 1.83. The highest BCUT2D eigenvalue weighted by atomic mass is 16.2. The number of carbonyl (C=O) groups is 1. The molecule has 0 spiro atoms. The molecular formula is C14H27N3O. The van der Waals surface area contributed by atoms with Crippen LogP contribution < -0.4 is 11.1 Å². The topological polar surface area (TPSA) is 58.4 Å². The van der Waals surface area contributed by atoms with E-state index >= 15 is 0 Å². The van der Waals surface area contributed by atoms with Gasteiger partial charge in [0.05, 0.1) is 6.04 Å². The van der Waals surface area contributed by atoms with E-state index < -0.39 is 0 Å². The highest BCUT2D eigenvalue weighted by molar-refractivity contribution is 5.82. The van der Waals surface area contributed by atoms with Crippen LogP contribution in [0.5, 0.6) is 0 Å². The second kappa shape index (κ2) is 6.02. The molecule has 2 aliphatic rings. The van der Waals surface area contributed by atoms with E-state index in [9.17, 15) is 4.79 Å². The van der Waals surface area contributed by atoms with Gasteiger partial charge in [0.25, 0.3) is 0 Å². The van der Waals surface area contributed by atoms with Gasteiger partial charge >= 0.3 is 0 Å². The maximum absolute atomic E-state index is 12.3. The Labute approximate surface area is 110 Å². The maximum Gasteiger partial charge on any atom is 0.239 e. The van der Waals surface area contributed by atoms with E-state index in [1.807, 2.05) is 19.0 Å². The second-order valence-electron chi connectivity index (χ2n) is 5.96. The lowest BCUT2D eigenvalue weighted by molar-refractivity contribution is -0.136. The molecule has 104 valence electrons. The molecule has 0 saturated heterocycles. The second-order valence-corrected chi connectivity index (χ2v) is 5.96. The van der Waals surface area contributed by atoms with Gasteiger partial charge in [0.1, 0.15) is 0 Å². The lowest BCUT2D eigenvalue weighted by Gasteiger charge is -2.38. The van der Waals surface area contributed by atoms with Crippen LogP contribution in [0.3, 0.4) is 0 Å². The number of nitrogens with two attached hydrogens (primary N) is 1. The highest BCUT2D eigenvalue weighted by Crippen LogP contribution is 2.29. The molecule has 1 amide bonds. The van der Waals surface area contributed by atoms with Gasteiger partial charge < -0.3 is 16.0 Å². The third kappa shape index (κ3) is 2.86. The summed E-state index contributed by atoms with van der Waals surface area (Å²) in [7, 11) is 3.94. The molecule has 2 rings (SSSR count). The summed E-state index contributed by atoms with van der Waals surface area (Å²) in [4.78, 5) is 14.2. The minimum atomic E-state index is -0.284. The van der Waals surface area contributed by atoms with Crippen molar-refractivity contribution >= 4 is 5.91 Å². The van der Waals surface area contributed by atoms with Crippen molar-refractivity contribution in [2.24, 2.45) is 11.7 Å². The summed E-state index contributed by atoms with van der Waals surface area (Å²) in [5.41, 5.74) is 6.18. The molecule has 0 aromatic rings. The molecule has 2 saturated carbocycles. The van der Waals surface area contributed by atoms with Crippen molar-refractivity contribution in [1.82, 2.24) is 10.2 Å². The molecule has 0 unspecified atom stereocenters. The molecule has 2 fully saturated rings. The molecule has 2 aliphatic carbocycles. The summed E-state index contributed by atoms with van der Waals surface area (Å²) in [5.74, 6) is 0.539. The van der Waals surface area contributed by atoms with Gasteiger partial charge in [0, 0.05) is 19.1 Å². The van der Waals surface area contributed by atoms with Gasteiger partial charge in [-0.3, -0.25) is 4.79 Å². The molecule has 18 heavy (non-hydrogen) atoms. The Kier molecular flexibility index (Phi) is 4.62. The Morgan fingerprint density at radius 3 is 2.28 bits per heavy atom. The standard InChI is InChI=1S/C14H27N3O/c1-16-11-8-6-10(7-9-11)13(15)14(18)17(2)12-4-3-5-12/h10-13,16H,3-9,15H2,1-2H3/t10?,11?,13-/m0/s1. The monoisotopic (exact) mass is 253 g/mol. The molecule has 1 atom stereocenters. The maximum atomic E-state index is 12.3. The largest absolute Gasteiger partial charge is 0.341 e. The van der Waals surface area contributed by atoms with Gasteiger partial charge in [-0.05, 0) is 57.9 Å². The van der Waals surface area contributed by atoms with Crippen molar-refractivity contribution in [3.8, 4) is 0 Å². The molecule has 0 bridgehead atoms. The third-order valence-electron chi connectivity index (χ3n) is 4.94. The molecular weight excluding hydrogens is 226 g/mol. The number of hydrogen-bond acceptors (Lipinski definition) is 3. The van der Waals surface area contributed by atoms with Crippen LogP contribution in [0.15, 0.2) is 0 Å². The molecule has 0 heterocycles. The first-order chi connectivity index (χ1) is 8.63. The SMILES string of the molecule is CNC1CCC([C@H](N)C(=O)N(C)C2CCC2)CC1. The zero-order valence-electron chi connectivity index (χ0n) is 11.7. The molecule has 0 aromatic carbocycles. The van der Waals surface area contributed by atoms with E-state index in [1.54, 1.807) is 0 Å². The minimum absolute atomic E-state index is 0.160. The average Bonchev–Trinajstić information content (AvgIpc) is 2.35. The van der Waals surface area contributed by atoms with E-state index in [2.05, 4.69) is 5.32 Å². The number of amides is 1. The van der Waals surface area contributed by atoms with E-state index in [0.29, 0.717) is 18.0 Å². The number of nitrogens with one attached hydrogen (secondary N) is 1. The molecule has 4 heteroatoms. The molecule has 0 aromatic heterocycles. The van der Waals surface area contributed by atoms with Crippen molar-refractivity contribution in [1.29, 1.82) is 0 Å². The van der Waals surface area contributed by atoms with Crippen LogP contribution in [0.1, 0.15) is 44.9 Å². The summed E-state index contributed by atoms with van der Waals surface area (Å²) < 4.78 is 0. The first kappa shape index (κ1) is 13.8. The predicted molar refractivity (Wildman–Crippen MR) is 73.2 cm³/mol. The molecule has 0 radical (unpaired) electrons. The lowest BCUT2D eigenvalue weighted by atomic mass is 9.81. The third-order valence-corrected chi connectivity index (χ3v) is 4.94. The van der Waals surface area contributed by atoms with Crippen LogP contribution in [-0.4, -0.2) is 43.0 Å². The van der Waals surface area contributed by atoms with Gasteiger partial charge in [-0.2, -0.15) is 0 Å². The quantitative estimate of drug-likeness (QED) is 0.789. The predicted octanol–water partition coefficient (Wildman–Crippen LogP) is 1.10. The number of likely N-dealkylation sites (N-methyl/N-ethyl adjacent to an activating group) is 1. The number of rotatable bonds is 4. The van der Waals surface area contributed by atoms with E-state index in [0.717, 1.165) is 38.5 Å². The molecule has 4 nitrogen and oxygen atoms in total. The Morgan fingerprint density at radius 1 is 1.22 bits per heavy atom. The summed E-state index contributed by atoms with van der Waals surface area (Å²) >= 11 is 0. The van der Waals surface area contributed by atoms with Gasteiger partial charge in [-0.25, -0.2) is 0 Å². The van der Waals surface area contributed by atoms with Crippen molar-refractivity contribution in [2.45, 2.75) is 63.1 Å². The first-order valence-corrected chi connectivity index (χ1v) is 7.33. The van der Waals surface area contributed by atoms with Gasteiger partial charge in [-0.15, -0.1) is 0 Å². The Morgan fingerprint density at radius 2 is 1.83 bits per heavy atom. The van der Waals surface area contributed by atoms with Gasteiger partial charge in [0.15, 0.2) is 0 Å². The Bertz CT molecular complexity index is 283. The fourth-order valence-corrected chi connectivity index (χ4v) is 3.16. The summed E-state index contributed by atoms with van der Waals surface area (Å²) in [5, 5.41) is 3.32. The van der Waals surface area contributed by atoms with E-state index in [-0.39, 0.29) is 11.9 Å². The minimum Gasteiger partial charge on any atom is -0.341 e. The van der Waals surface area contributed by atoms with Crippen LogP contribution in [-0.2, 0) is 4.79 Å². The van der Waals surface area contributed by atoms with Crippen LogP contribution >= 0.6 is 0 Å². The summed E-state index contributed by atoms with van der Waals surface area (Å²) in [6.45, 7) is 0. The van der Waals surface area contributed by atoms with Crippen molar-refractivity contribution < 1.29 is 4.79 Å². The highest BCUT2D eigenvalue weighted by Gasteiger charge is 2.34. The van der Waals surface area contributed by atoms with Crippen molar-refractivity contribution in [3.63, 3.8) is 0 Å². The lowest BCUT2D eigenvalue weighted by Crippen LogP contribution is -2.52. The normalized spacial score (nSPS) is 30.6. The van der Waals surface area contributed by atoms with Crippen molar-refractivity contribution in [3.05, 3.63) is 0 Å². The zero-order valence-corrected chi connectivity index (χ0v) is 11.7. The fourth-order valence-electron chi connectivity index (χ4n) is 3.16. The Hall–Kier alpha value is -0.610. The fraction of sp³-hybridized carbons (Fsp3) is 0.929. The van der Waals surface area contributed by atoms with Crippen LogP contribution in [0, 0.1) is 5.92 Å². The number of nitrogens with zero attached hydrogens (tertiary/aromatic N) is 1. The van der Waals surface area contributed by atoms with Crippen LogP contribution in [0.25, 0.3) is 0 Å². The number of hydrogen-bond donors (Lipinski definition) is 2. The smallest absolute Gasteiger partial charge is 0.239 e. The van der Waals surface area contributed by atoms with Crippen LogP contribution in [0.2, 0.25) is 0 Å². The van der Waals surface area contributed by atoms with Gasteiger partial charge in [0.2, 0.25) is 5.91 Å². The van der Waals surface area contributed by atoms with Gasteiger partial charge in [-0.1, -0.05) is 0 Å². The average molecular weight is 253 g/mol. The van der Waals surface area contributed by atoms with E-state index in [4.69, 9.17) is 5.73 Å². The first-order valence-electron chi connectivity index (χ1n) is 7.33. The summed E-state index contributed by atoms with van der Waals surface area (Å²) in [6.07, 6.45) is 8.02. The summed E-state index contributed by atoms with van der Waals surface area (Å²) in [6, 6.07) is 0.790.